The number of carbonyl (C=O) groups excluding carboxylic acids is 2. The summed E-state index contributed by atoms with van der Waals surface area (Å²) in [5, 5.41) is 0. The van der Waals surface area contributed by atoms with Crippen molar-refractivity contribution in [2.45, 2.75) is 4.90 Å². The van der Waals surface area contributed by atoms with E-state index in [-0.39, 0.29) is 13.6 Å². The smallest absolute Gasteiger partial charge is 0.348 e. The molecule has 1 aromatic heterocycles. The van der Waals surface area contributed by atoms with Crippen molar-refractivity contribution in [1.82, 2.24) is 4.31 Å². The molecule has 0 aliphatic heterocycles. The number of ether oxygens (including phenoxy) is 2. The molecule has 0 aliphatic rings. The Morgan fingerprint density at radius 1 is 1.35 bits per heavy atom. The highest BCUT2D eigenvalue weighted by Crippen LogP contribution is 2.33. The largest absolute Gasteiger partial charge is 0.468 e. The molecular formula is C10H12BrNO6S2. The van der Waals surface area contributed by atoms with Gasteiger partial charge in [0, 0.05) is 7.05 Å². The topological polar surface area (TPSA) is 90.0 Å². The summed E-state index contributed by atoms with van der Waals surface area (Å²) in [6.45, 7) is -0.422. The Bertz CT molecular complexity index is 624. The van der Waals surface area contributed by atoms with Crippen LogP contribution in [0, 0.1) is 0 Å². The van der Waals surface area contributed by atoms with E-state index in [2.05, 4.69) is 25.4 Å². The first-order valence-electron chi connectivity index (χ1n) is 5.14. The van der Waals surface area contributed by atoms with Crippen LogP contribution in [0.15, 0.2) is 14.7 Å². The van der Waals surface area contributed by atoms with Crippen LogP contribution in [0.5, 0.6) is 0 Å². The van der Waals surface area contributed by atoms with E-state index in [1.807, 2.05) is 0 Å². The molecule has 0 unspecified atom stereocenters. The van der Waals surface area contributed by atoms with Crippen LogP contribution in [0.2, 0.25) is 0 Å². The summed E-state index contributed by atoms with van der Waals surface area (Å²) in [4.78, 5) is 22.6. The van der Waals surface area contributed by atoms with Gasteiger partial charge >= 0.3 is 11.9 Å². The molecule has 20 heavy (non-hydrogen) atoms. The summed E-state index contributed by atoms with van der Waals surface area (Å²) in [7, 11) is -0.296. The number of esters is 2. The molecular weight excluding hydrogens is 374 g/mol. The maximum atomic E-state index is 12.3. The van der Waals surface area contributed by atoms with E-state index in [0.717, 1.165) is 15.6 Å². The molecule has 0 spiro atoms. The summed E-state index contributed by atoms with van der Waals surface area (Å²) < 4.78 is 34.6. The molecule has 0 radical (unpaired) electrons. The highest BCUT2D eigenvalue weighted by atomic mass is 79.9. The standard InChI is InChI=1S/C10H12BrNO6S2/c1-12(5-8(13)17-2)20(15,16)7-4-6(10(14)18-3)19-9(7)11/h4H,5H2,1-3H3. The quantitative estimate of drug-likeness (QED) is 0.704. The van der Waals surface area contributed by atoms with Gasteiger partial charge in [-0.05, 0) is 22.0 Å². The zero-order valence-electron chi connectivity index (χ0n) is 10.9. The van der Waals surface area contributed by atoms with Gasteiger partial charge in [-0.2, -0.15) is 4.31 Å². The zero-order valence-corrected chi connectivity index (χ0v) is 14.1. The lowest BCUT2D eigenvalue weighted by molar-refractivity contribution is -0.140. The van der Waals surface area contributed by atoms with Gasteiger partial charge in [-0.15, -0.1) is 11.3 Å². The van der Waals surface area contributed by atoms with Gasteiger partial charge in [0.25, 0.3) is 0 Å². The van der Waals surface area contributed by atoms with Crippen molar-refractivity contribution in [2.24, 2.45) is 0 Å². The van der Waals surface area contributed by atoms with Gasteiger partial charge in [0.05, 0.1) is 18.0 Å². The number of methoxy groups -OCH3 is 2. The number of rotatable bonds is 5. The van der Waals surface area contributed by atoms with E-state index in [1.165, 1.54) is 27.3 Å². The first-order chi connectivity index (χ1) is 9.23. The minimum atomic E-state index is -3.91. The lowest BCUT2D eigenvalue weighted by atomic mass is 10.5. The summed E-state index contributed by atoms with van der Waals surface area (Å²) in [5.41, 5.74) is 0. The predicted octanol–water partition coefficient (Wildman–Crippen LogP) is 1.09. The molecule has 0 atom stereocenters. The van der Waals surface area contributed by atoms with Crippen molar-refractivity contribution < 1.29 is 27.5 Å². The van der Waals surface area contributed by atoms with Gasteiger partial charge in [0.2, 0.25) is 10.0 Å². The summed E-state index contributed by atoms with van der Waals surface area (Å²) >= 11 is 4.03. The van der Waals surface area contributed by atoms with Gasteiger partial charge in [-0.1, -0.05) is 0 Å². The Balaban J connectivity index is 3.12. The van der Waals surface area contributed by atoms with E-state index >= 15 is 0 Å². The Kier molecular flexibility index (Phi) is 5.68. The van der Waals surface area contributed by atoms with Crippen LogP contribution in [0.1, 0.15) is 9.67 Å². The minimum Gasteiger partial charge on any atom is -0.468 e. The van der Waals surface area contributed by atoms with Crippen LogP contribution in [0.4, 0.5) is 0 Å². The van der Waals surface area contributed by atoms with E-state index < -0.39 is 28.5 Å². The van der Waals surface area contributed by atoms with Crippen LogP contribution in [-0.4, -0.2) is 52.5 Å². The van der Waals surface area contributed by atoms with Crippen molar-refractivity contribution in [1.29, 1.82) is 0 Å². The highest BCUT2D eigenvalue weighted by molar-refractivity contribution is 9.11. The Hall–Kier alpha value is -0.970. The molecule has 10 heteroatoms. The Morgan fingerprint density at radius 2 is 1.95 bits per heavy atom. The first-order valence-corrected chi connectivity index (χ1v) is 8.19. The fourth-order valence-electron chi connectivity index (χ4n) is 1.23. The fraction of sp³-hybridized carbons (Fsp3) is 0.400. The lowest BCUT2D eigenvalue weighted by Crippen LogP contribution is -2.32. The molecule has 1 aromatic rings. The van der Waals surface area contributed by atoms with Crippen molar-refractivity contribution in [3.8, 4) is 0 Å². The van der Waals surface area contributed by atoms with Crippen molar-refractivity contribution in [2.75, 3.05) is 27.8 Å². The molecule has 0 N–H and O–H groups in total. The molecule has 112 valence electrons. The molecule has 0 saturated carbocycles. The van der Waals surface area contributed by atoms with Gasteiger partial charge in [0.15, 0.2) is 0 Å². The zero-order chi connectivity index (χ0) is 15.5. The number of hydrogen-bond donors (Lipinski definition) is 0. The minimum absolute atomic E-state index is 0.102. The van der Waals surface area contributed by atoms with Crippen LogP contribution in [0.3, 0.4) is 0 Å². The molecule has 0 aliphatic carbocycles. The SMILES string of the molecule is COC(=O)CN(C)S(=O)(=O)c1cc(C(=O)OC)sc1Br. The third-order valence-electron chi connectivity index (χ3n) is 2.31. The van der Waals surface area contributed by atoms with Gasteiger partial charge < -0.3 is 9.47 Å². The second-order valence-electron chi connectivity index (χ2n) is 3.58. The van der Waals surface area contributed by atoms with Crippen LogP contribution in [-0.2, 0) is 24.3 Å². The molecule has 7 nitrogen and oxygen atoms in total. The summed E-state index contributed by atoms with van der Waals surface area (Å²) in [6, 6.07) is 1.20. The molecule has 0 amide bonds. The Labute approximate surface area is 128 Å². The summed E-state index contributed by atoms with van der Waals surface area (Å²) in [6.07, 6.45) is 0. The first kappa shape index (κ1) is 17.1. The average Bonchev–Trinajstić information content (AvgIpc) is 2.80. The number of nitrogens with zero attached hydrogens (tertiary/aromatic N) is 1. The number of halogens is 1. The number of carbonyl (C=O) groups is 2. The molecule has 0 aromatic carbocycles. The van der Waals surface area contributed by atoms with Crippen molar-refractivity contribution in [3.63, 3.8) is 0 Å². The van der Waals surface area contributed by atoms with Crippen LogP contribution >= 0.6 is 27.3 Å². The highest BCUT2D eigenvalue weighted by Gasteiger charge is 2.28. The number of hydrogen-bond acceptors (Lipinski definition) is 7. The van der Waals surface area contributed by atoms with Gasteiger partial charge in [0.1, 0.15) is 16.3 Å². The van der Waals surface area contributed by atoms with Gasteiger partial charge in [-0.3, -0.25) is 4.79 Å². The lowest BCUT2D eigenvalue weighted by Gasteiger charge is -2.14. The van der Waals surface area contributed by atoms with Crippen molar-refractivity contribution >= 4 is 49.2 Å². The normalized spacial score (nSPS) is 11.4. The van der Waals surface area contributed by atoms with Crippen molar-refractivity contribution in [3.05, 3.63) is 14.7 Å². The molecule has 1 rings (SSSR count). The van der Waals surface area contributed by atoms with Gasteiger partial charge in [-0.25, -0.2) is 13.2 Å². The average molecular weight is 386 g/mol. The van der Waals surface area contributed by atoms with E-state index in [9.17, 15) is 18.0 Å². The maximum absolute atomic E-state index is 12.3. The van der Waals surface area contributed by atoms with E-state index in [4.69, 9.17) is 0 Å². The number of likely N-dealkylation sites (N-methyl/N-ethyl adjacent to an activating group) is 1. The molecule has 0 bridgehead atoms. The van der Waals surface area contributed by atoms with Crippen LogP contribution < -0.4 is 0 Å². The molecule has 1 heterocycles. The Morgan fingerprint density at radius 3 is 2.45 bits per heavy atom. The number of sulfonamides is 1. The fourth-order valence-corrected chi connectivity index (χ4v) is 4.77. The maximum Gasteiger partial charge on any atom is 0.348 e. The second kappa shape index (κ2) is 6.66. The monoisotopic (exact) mass is 385 g/mol. The van der Waals surface area contributed by atoms with E-state index in [1.54, 1.807) is 0 Å². The molecule has 0 fully saturated rings. The molecule has 0 saturated heterocycles. The van der Waals surface area contributed by atoms with E-state index in [0.29, 0.717) is 0 Å². The summed E-state index contributed by atoms with van der Waals surface area (Å²) in [5.74, 6) is -1.32. The second-order valence-corrected chi connectivity index (χ2v) is 7.96. The third kappa shape index (κ3) is 3.57. The van der Waals surface area contributed by atoms with Crippen LogP contribution in [0.25, 0.3) is 0 Å². The number of thiophene rings is 1. The predicted molar refractivity (Wildman–Crippen MR) is 75.2 cm³/mol. The third-order valence-corrected chi connectivity index (χ3v) is 6.35.